The topological polar surface area (TPSA) is 37.3 Å². The Morgan fingerprint density at radius 1 is 1.16 bits per heavy atom. The molecule has 0 spiro atoms. The number of hydrogen-bond donors (Lipinski definition) is 1. The average Bonchev–Trinajstić information content (AvgIpc) is 2.38. The van der Waals surface area contributed by atoms with Gasteiger partial charge in [0.2, 0.25) is 0 Å². The van der Waals surface area contributed by atoms with Gasteiger partial charge in [-0.3, -0.25) is 4.79 Å². The van der Waals surface area contributed by atoms with Crippen LogP contribution in [0.25, 0.3) is 0 Å². The molecule has 0 radical (unpaired) electrons. The van der Waals surface area contributed by atoms with Gasteiger partial charge in [0, 0.05) is 11.5 Å². The first-order valence-electron chi connectivity index (χ1n) is 7.17. The van der Waals surface area contributed by atoms with Crippen LogP contribution in [0.3, 0.4) is 0 Å². The first-order valence-corrected chi connectivity index (χ1v) is 7.17. The van der Waals surface area contributed by atoms with Gasteiger partial charge in [0.15, 0.2) is 5.78 Å². The Morgan fingerprint density at radius 3 is 2.37 bits per heavy atom. The zero-order valence-corrected chi connectivity index (χ0v) is 12.1. The number of Topliss-reactive ketones (excluding diaryl/α,β-unsaturated/α-hetero) is 1. The van der Waals surface area contributed by atoms with Crippen LogP contribution in [0, 0.1) is 17.3 Å². The molecule has 2 heteroatoms. The maximum Gasteiger partial charge on any atom is 0.165 e. The summed E-state index contributed by atoms with van der Waals surface area (Å²) in [7, 11) is 0. The van der Waals surface area contributed by atoms with Crippen molar-refractivity contribution in [3.63, 3.8) is 0 Å². The number of aliphatic hydroxyl groups excluding tert-OH is 1. The summed E-state index contributed by atoms with van der Waals surface area (Å²) in [4.78, 5) is 12.5. The number of carbonyl (C=O) groups is 1. The fourth-order valence-electron chi connectivity index (χ4n) is 3.16. The average molecular weight is 260 g/mol. The molecule has 2 nitrogen and oxygen atoms in total. The lowest BCUT2D eigenvalue weighted by Crippen LogP contribution is -2.39. The van der Waals surface area contributed by atoms with Crippen LogP contribution in [0.4, 0.5) is 0 Å². The Hall–Kier alpha value is -1.15. The predicted molar refractivity (Wildman–Crippen MR) is 77.1 cm³/mol. The molecule has 0 saturated heterocycles. The lowest BCUT2D eigenvalue weighted by Gasteiger charge is -2.40. The molecule has 1 aromatic carbocycles. The SMILES string of the molecule is CC(C)(C)C1CC(C(=O)c2ccccc2)CCC1O. The standard InChI is InChI=1S/C17H24O2/c1-17(2,3)14-11-13(9-10-15(14)18)16(19)12-7-5-4-6-8-12/h4-8,13-15,18H,9-11H2,1-3H3. The minimum atomic E-state index is -0.264. The molecule has 1 fully saturated rings. The second kappa shape index (κ2) is 5.46. The molecule has 0 heterocycles. The Bertz CT molecular complexity index is 430. The Labute approximate surface area is 115 Å². The highest BCUT2D eigenvalue weighted by atomic mass is 16.3. The van der Waals surface area contributed by atoms with E-state index < -0.39 is 0 Å². The minimum absolute atomic E-state index is 0.0506. The van der Waals surface area contributed by atoms with Crippen molar-refractivity contribution < 1.29 is 9.90 Å². The molecule has 1 aliphatic rings. The lowest BCUT2D eigenvalue weighted by atomic mass is 9.66. The molecule has 0 amide bonds. The zero-order valence-electron chi connectivity index (χ0n) is 12.1. The smallest absolute Gasteiger partial charge is 0.165 e. The second-order valence-electron chi connectivity index (χ2n) is 6.78. The maximum absolute atomic E-state index is 12.5. The van der Waals surface area contributed by atoms with Gasteiger partial charge in [0.25, 0.3) is 0 Å². The highest BCUT2D eigenvalue weighted by Gasteiger charge is 2.39. The first kappa shape index (κ1) is 14.3. The van der Waals surface area contributed by atoms with Crippen molar-refractivity contribution in [2.75, 3.05) is 0 Å². The van der Waals surface area contributed by atoms with Crippen molar-refractivity contribution in [1.29, 1.82) is 0 Å². The number of carbonyl (C=O) groups excluding carboxylic acids is 1. The van der Waals surface area contributed by atoms with E-state index in [2.05, 4.69) is 20.8 Å². The van der Waals surface area contributed by atoms with Gasteiger partial charge in [-0.05, 0) is 30.6 Å². The number of ketones is 1. The van der Waals surface area contributed by atoms with Crippen LogP contribution in [0.2, 0.25) is 0 Å². The van der Waals surface area contributed by atoms with Gasteiger partial charge in [-0.1, -0.05) is 51.1 Å². The fourth-order valence-corrected chi connectivity index (χ4v) is 3.16. The van der Waals surface area contributed by atoms with E-state index >= 15 is 0 Å². The molecule has 1 N–H and O–H groups in total. The second-order valence-corrected chi connectivity index (χ2v) is 6.78. The van der Waals surface area contributed by atoms with Gasteiger partial charge < -0.3 is 5.11 Å². The van der Waals surface area contributed by atoms with Gasteiger partial charge in [0.1, 0.15) is 0 Å². The number of benzene rings is 1. The van der Waals surface area contributed by atoms with E-state index in [-0.39, 0.29) is 29.1 Å². The van der Waals surface area contributed by atoms with Gasteiger partial charge in [0.05, 0.1) is 6.10 Å². The third-order valence-corrected chi connectivity index (χ3v) is 4.36. The summed E-state index contributed by atoms with van der Waals surface area (Å²) in [6, 6.07) is 9.52. The summed E-state index contributed by atoms with van der Waals surface area (Å²) < 4.78 is 0. The van der Waals surface area contributed by atoms with Crippen molar-refractivity contribution in [3.05, 3.63) is 35.9 Å². The van der Waals surface area contributed by atoms with Gasteiger partial charge >= 0.3 is 0 Å². The fraction of sp³-hybridized carbons (Fsp3) is 0.588. The zero-order chi connectivity index (χ0) is 14.0. The molecular weight excluding hydrogens is 236 g/mol. The summed E-state index contributed by atoms with van der Waals surface area (Å²) in [5.41, 5.74) is 0.853. The summed E-state index contributed by atoms with van der Waals surface area (Å²) in [5, 5.41) is 10.2. The molecule has 3 atom stereocenters. The molecule has 104 valence electrons. The summed E-state index contributed by atoms with van der Waals surface area (Å²) in [6.45, 7) is 6.45. The van der Waals surface area contributed by atoms with Crippen molar-refractivity contribution in [1.82, 2.24) is 0 Å². The first-order chi connectivity index (χ1) is 8.89. The third-order valence-electron chi connectivity index (χ3n) is 4.36. The molecule has 3 unspecified atom stereocenters. The predicted octanol–water partition coefficient (Wildman–Crippen LogP) is 3.69. The molecule has 2 rings (SSSR count). The van der Waals surface area contributed by atoms with Crippen LogP contribution < -0.4 is 0 Å². The van der Waals surface area contributed by atoms with E-state index in [0.717, 1.165) is 24.8 Å². The molecule has 0 aliphatic heterocycles. The van der Waals surface area contributed by atoms with E-state index in [0.29, 0.717) is 0 Å². The van der Waals surface area contributed by atoms with Crippen LogP contribution in [0.15, 0.2) is 30.3 Å². The van der Waals surface area contributed by atoms with Crippen LogP contribution >= 0.6 is 0 Å². The van der Waals surface area contributed by atoms with Gasteiger partial charge in [-0.2, -0.15) is 0 Å². The van der Waals surface area contributed by atoms with Crippen molar-refractivity contribution in [2.24, 2.45) is 17.3 Å². The van der Waals surface area contributed by atoms with Crippen molar-refractivity contribution >= 4 is 5.78 Å². The van der Waals surface area contributed by atoms with Crippen molar-refractivity contribution in [3.8, 4) is 0 Å². The Morgan fingerprint density at radius 2 is 1.79 bits per heavy atom. The molecule has 0 aromatic heterocycles. The van der Waals surface area contributed by atoms with Crippen LogP contribution in [0.1, 0.15) is 50.4 Å². The quantitative estimate of drug-likeness (QED) is 0.823. The van der Waals surface area contributed by atoms with E-state index in [1.54, 1.807) is 0 Å². The van der Waals surface area contributed by atoms with E-state index in [1.165, 1.54) is 0 Å². The number of aliphatic hydroxyl groups is 1. The molecule has 1 aromatic rings. The molecule has 19 heavy (non-hydrogen) atoms. The van der Waals surface area contributed by atoms with Crippen LogP contribution in [0.5, 0.6) is 0 Å². The number of hydrogen-bond acceptors (Lipinski definition) is 2. The third kappa shape index (κ3) is 3.24. The minimum Gasteiger partial charge on any atom is -0.393 e. The van der Waals surface area contributed by atoms with Crippen molar-refractivity contribution in [2.45, 2.75) is 46.1 Å². The molecular formula is C17H24O2. The normalized spacial score (nSPS) is 28.1. The van der Waals surface area contributed by atoms with Gasteiger partial charge in [-0.15, -0.1) is 0 Å². The monoisotopic (exact) mass is 260 g/mol. The molecule has 0 bridgehead atoms. The summed E-state index contributed by atoms with van der Waals surface area (Å²) in [6.07, 6.45) is 2.09. The highest BCUT2D eigenvalue weighted by Crippen LogP contribution is 2.41. The molecule has 1 saturated carbocycles. The van der Waals surface area contributed by atoms with E-state index in [4.69, 9.17) is 0 Å². The number of rotatable bonds is 2. The van der Waals surface area contributed by atoms with E-state index in [1.807, 2.05) is 30.3 Å². The molecule has 1 aliphatic carbocycles. The lowest BCUT2D eigenvalue weighted by molar-refractivity contribution is -0.00497. The van der Waals surface area contributed by atoms with Crippen LogP contribution in [-0.2, 0) is 0 Å². The highest BCUT2D eigenvalue weighted by molar-refractivity contribution is 5.97. The maximum atomic E-state index is 12.5. The Balaban J connectivity index is 2.12. The summed E-state index contributed by atoms with van der Waals surface area (Å²) >= 11 is 0. The van der Waals surface area contributed by atoms with Gasteiger partial charge in [-0.25, -0.2) is 0 Å². The van der Waals surface area contributed by atoms with Crippen LogP contribution in [-0.4, -0.2) is 17.0 Å². The Kier molecular flexibility index (Phi) is 4.10. The van der Waals surface area contributed by atoms with E-state index in [9.17, 15) is 9.90 Å². The summed E-state index contributed by atoms with van der Waals surface area (Å²) in [5.74, 6) is 0.510. The largest absolute Gasteiger partial charge is 0.393 e.